The predicted octanol–water partition coefficient (Wildman–Crippen LogP) is 5.20. The highest BCUT2D eigenvalue weighted by molar-refractivity contribution is 6.30. The first-order valence-corrected chi connectivity index (χ1v) is 14.5. The molecule has 0 unspecified atom stereocenters. The van der Waals surface area contributed by atoms with Gasteiger partial charge in [-0.05, 0) is 70.6 Å². The van der Waals surface area contributed by atoms with Crippen molar-refractivity contribution in [3.05, 3.63) is 41.2 Å². The number of carboxylic acid groups (broad SMARTS) is 1. The monoisotopic (exact) mass is 625 g/mol. The van der Waals surface area contributed by atoms with Crippen LogP contribution < -0.4 is 15.4 Å². The van der Waals surface area contributed by atoms with E-state index in [0.717, 1.165) is 5.69 Å². The lowest BCUT2D eigenvalue weighted by Crippen LogP contribution is -2.69. The minimum Gasteiger partial charge on any atom is -0.480 e. The number of ether oxygens (including phenoxy) is 2. The van der Waals surface area contributed by atoms with Crippen LogP contribution in [0.1, 0.15) is 71.9 Å². The Morgan fingerprint density at radius 3 is 2.35 bits per heavy atom. The lowest BCUT2D eigenvalue weighted by molar-refractivity contribution is -0.153. The Kier molecular flexibility index (Phi) is 9.27. The van der Waals surface area contributed by atoms with Gasteiger partial charge in [-0.15, -0.1) is 0 Å². The second-order valence-corrected chi connectivity index (χ2v) is 12.9. The Balaban J connectivity index is 1.54. The molecule has 43 heavy (non-hydrogen) atoms. The van der Waals surface area contributed by atoms with Crippen LogP contribution in [0, 0.1) is 0 Å². The van der Waals surface area contributed by atoms with Crippen LogP contribution in [0.15, 0.2) is 30.5 Å². The van der Waals surface area contributed by atoms with E-state index in [9.17, 15) is 28.3 Å². The molecule has 11 nitrogen and oxygen atoms in total. The van der Waals surface area contributed by atoms with Crippen LogP contribution in [-0.2, 0) is 19.9 Å². The summed E-state index contributed by atoms with van der Waals surface area (Å²) in [5, 5.41) is 19.9. The van der Waals surface area contributed by atoms with Gasteiger partial charge in [-0.2, -0.15) is 13.9 Å². The summed E-state index contributed by atoms with van der Waals surface area (Å²) in [7, 11) is 0. The minimum absolute atomic E-state index is 0.0419. The molecule has 1 saturated carbocycles. The zero-order valence-corrected chi connectivity index (χ0v) is 25.6. The number of hydrogen-bond donors (Lipinski definition) is 3. The molecule has 0 radical (unpaired) electrons. The molecule has 2 fully saturated rings. The molecule has 0 bridgehead atoms. The number of benzene rings is 1. The number of anilines is 1. The average molecular weight is 626 g/mol. The number of carbonyl (C=O) groups is 3. The van der Waals surface area contributed by atoms with Crippen molar-refractivity contribution in [3.63, 3.8) is 0 Å². The number of nitrogens with one attached hydrogen (secondary N) is 2. The number of carboxylic acids is 1. The Bertz CT molecular complexity index is 1350. The number of likely N-dealkylation sites (tertiary alicyclic amines) is 1. The first kappa shape index (κ1) is 32.5. The maximum atomic E-state index is 14.1. The van der Waals surface area contributed by atoms with Gasteiger partial charge in [0, 0.05) is 42.1 Å². The smallest absolute Gasteiger partial charge is 0.408 e. The zero-order chi connectivity index (χ0) is 31.7. The highest BCUT2D eigenvalue weighted by atomic mass is 35.5. The van der Waals surface area contributed by atoms with Gasteiger partial charge in [0.2, 0.25) is 0 Å². The second kappa shape index (κ2) is 12.3. The third-order valence-corrected chi connectivity index (χ3v) is 8.19. The molecule has 0 atom stereocenters. The van der Waals surface area contributed by atoms with Crippen LogP contribution in [0.25, 0.3) is 0 Å². The number of rotatable bonds is 9. The van der Waals surface area contributed by atoms with Crippen LogP contribution in [-0.4, -0.2) is 74.6 Å². The van der Waals surface area contributed by atoms with Crippen LogP contribution in [0.5, 0.6) is 5.75 Å². The van der Waals surface area contributed by atoms with Gasteiger partial charge >= 0.3 is 18.7 Å². The number of nitrogens with zero attached hydrogens (tertiary/aromatic N) is 3. The van der Waals surface area contributed by atoms with Crippen molar-refractivity contribution in [2.24, 2.45) is 0 Å². The summed E-state index contributed by atoms with van der Waals surface area (Å²) in [6, 6.07) is 5.79. The van der Waals surface area contributed by atoms with E-state index in [1.807, 2.05) is 19.9 Å². The largest absolute Gasteiger partial charge is 0.480 e. The molecule has 1 aliphatic heterocycles. The quantitative estimate of drug-likeness (QED) is 0.346. The van der Waals surface area contributed by atoms with Crippen molar-refractivity contribution in [1.82, 2.24) is 20.0 Å². The zero-order valence-electron chi connectivity index (χ0n) is 24.8. The maximum Gasteiger partial charge on any atom is 0.408 e. The van der Waals surface area contributed by atoms with Crippen LogP contribution in [0.4, 0.5) is 19.3 Å². The molecular weight excluding hydrogens is 588 g/mol. The molecule has 1 saturated heterocycles. The Hall–Kier alpha value is -3.45. The van der Waals surface area contributed by atoms with Crippen molar-refractivity contribution in [2.45, 2.75) is 95.6 Å². The summed E-state index contributed by atoms with van der Waals surface area (Å²) >= 11 is 5.99. The fourth-order valence-corrected chi connectivity index (χ4v) is 5.93. The third-order valence-electron chi connectivity index (χ3n) is 7.96. The van der Waals surface area contributed by atoms with E-state index in [1.165, 1.54) is 18.2 Å². The summed E-state index contributed by atoms with van der Waals surface area (Å²) in [4.78, 5) is 40.7. The average Bonchev–Trinajstić information content (AvgIpc) is 3.37. The summed E-state index contributed by atoms with van der Waals surface area (Å²) in [5.74, 6) is -1.80. The number of amides is 2. The lowest BCUT2D eigenvalue weighted by Gasteiger charge is -2.52. The third kappa shape index (κ3) is 7.04. The number of aliphatic carboxylic acids is 1. The molecule has 1 aliphatic carbocycles. The second-order valence-electron chi connectivity index (χ2n) is 12.4. The van der Waals surface area contributed by atoms with Gasteiger partial charge in [0.05, 0.1) is 5.69 Å². The Morgan fingerprint density at radius 1 is 1.14 bits per heavy atom. The van der Waals surface area contributed by atoms with E-state index in [-0.39, 0.29) is 41.3 Å². The number of hydrogen-bond acceptors (Lipinski definition) is 7. The van der Waals surface area contributed by atoms with E-state index in [0.29, 0.717) is 25.9 Å². The van der Waals surface area contributed by atoms with Gasteiger partial charge < -0.3 is 25.2 Å². The van der Waals surface area contributed by atoms with Gasteiger partial charge in [0.1, 0.15) is 16.7 Å². The van der Waals surface area contributed by atoms with Crippen molar-refractivity contribution >= 4 is 35.3 Å². The Morgan fingerprint density at radius 2 is 1.79 bits per heavy atom. The molecule has 2 aromatic rings. The van der Waals surface area contributed by atoms with Gasteiger partial charge in [0.25, 0.3) is 5.91 Å². The number of carbonyl (C=O) groups excluding carboxylic acids is 2. The van der Waals surface area contributed by atoms with Gasteiger partial charge in [-0.3, -0.25) is 14.4 Å². The molecular formula is C29H38ClF2N5O6. The fourth-order valence-electron chi connectivity index (χ4n) is 5.77. The molecule has 0 spiro atoms. The maximum absolute atomic E-state index is 14.1. The summed E-state index contributed by atoms with van der Waals surface area (Å²) < 4.78 is 37.8. The molecule has 2 amide bonds. The Labute approximate surface area is 253 Å². The summed E-state index contributed by atoms with van der Waals surface area (Å²) in [6.45, 7) is 6.81. The van der Waals surface area contributed by atoms with Gasteiger partial charge in [0.15, 0.2) is 5.75 Å². The normalized spacial score (nSPS) is 22.1. The van der Waals surface area contributed by atoms with E-state index < -0.39 is 41.3 Å². The van der Waals surface area contributed by atoms with E-state index in [1.54, 1.807) is 31.6 Å². The first-order chi connectivity index (χ1) is 20.0. The van der Waals surface area contributed by atoms with Crippen molar-refractivity contribution < 1.29 is 37.7 Å². The van der Waals surface area contributed by atoms with Gasteiger partial charge in [-0.25, -0.2) is 9.59 Å². The number of piperidine rings is 1. The minimum atomic E-state index is -3.12. The van der Waals surface area contributed by atoms with Crippen LogP contribution >= 0.6 is 11.6 Å². The molecule has 14 heteroatoms. The van der Waals surface area contributed by atoms with Crippen molar-refractivity contribution in [2.75, 3.05) is 18.4 Å². The number of halogens is 3. The SMILES string of the molecule is CC(C)c1ccnn1C1(C(=O)Nc2ccc(Cl)cc2OC(F)F)CCN(C2CC(NC(=O)OC(C)(C)C)(C(=O)O)C2)CC1. The van der Waals surface area contributed by atoms with Crippen LogP contribution in [0.3, 0.4) is 0 Å². The molecule has 236 valence electrons. The molecule has 2 aliphatic rings. The van der Waals surface area contributed by atoms with Gasteiger partial charge in [-0.1, -0.05) is 25.4 Å². The fraction of sp³-hybridized carbons (Fsp3) is 0.586. The lowest BCUT2D eigenvalue weighted by atomic mass is 9.70. The number of alkyl halides is 2. The van der Waals surface area contributed by atoms with Crippen molar-refractivity contribution in [3.8, 4) is 5.75 Å². The highest BCUT2D eigenvalue weighted by Crippen LogP contribution is 2.42. The van der Waals surface area contributed by atoms with Crippen LogP contribution in [0.2, 0.25) is 5.02 Å². The van der Waals surface area contributed by atoms with E-state index >= 15 is 0 Å². The molecule has 2 heterocycles. The van der Waals surface area contributed by atoms with E-state index in [2.05, 4.69) is 25.4 Å². The molecule has 4 rings (SSSR count). The topological polar surface area (TPSA) is 135 Å². The van der Waals surface area contributed by atoms with E-state index in [4.69, 9.17) is 16.3 Å². The van der Waals surface area contributed by atoms with Crippen molar-refractivity contribution in [1.29, 1.82) is 0 Å². The number of aromatic nitrogens is 2. The molecule has 1 aromatic heterocycles. The summed E-state index contributed by atoms with van der Waals surface area (Å²) in [5.41, 5.74) is -2.50. The summed E-state index contributed by atoms with van der Waals surface area (Å²) in [6.07, 6.45) is 1.82. The highest BCUT2D eigenvalue weighted by Gasteiger charge is 2.56. The number of alkyl carbamates (subject to hydrolysis) is 1. The molecule has 1 aromatic carbocycles. The predicted molar refractivity (Wildman–Crippen MR) is 155 cm³/mol. The first-order valence-electron chi connectivity index (χ1n) is 14.1. The molecule has 3 N–H and O–H groups in total. The standard InChI is InChI=1S/C29H38ClF2N5O6/c1-17(2)21-8-11-33-37(21)29(23(38)34-20-7-6-18(30)14-22(20)42-25(31)32)9-12-36(13-10-29)19-15-28(16-19,24(39)40)35-26(41)43-27(3,4)5/h6-8,11,14,17,19,25H,9-10,12-13,15-16H2,1-5H3,(H,34,38)(H,35,41)(H,39,40).